The highest BCUT2D eigenvalue weighted by Crippen LogP contribution is 2.20. The molecule has 0 aliphatic carbocycles. The van der Waals surface area contributed by atoms with Crippen molar-refractivity contribution < 1.29 is 18.3 Å². The van der Waals surface area contributed by atoms with Gasteiger partial charge in [-0.3, -0.25) is 4.68 Å². The normalized spacial score (nSPS) is 10.8. The maximum absolute atomic E-state index is 12.6. The molecule has 7 heteroatoms. The molecule has 0 unspecified atom stereocenters. The van der Waals surface area contributed by atoms with Crippen LogP contribution in [0.3, 0.4) is 0 Å². The van der Waals surface area contributed by atoms with Gasteiger partial charge in [0.1, 0.15) is 5.69 Å². The van der Waals surface area contributed by atoms with Gasteiger partial charge in [-0.05, 0) is 6.92 Å². The van der Waals surface area contributed by atoms with Crippen molar-refractivity contribution in [3.63, 3.8) is 0 Å². The van der Waals surface area contributed by atoms with Crippen molar-refractivity contribution >= 4 is 5.97 Å². The van der Waals surface area contributed by atoms with Crippen LogP contribution in [0, 0.1) is 0 Å². The van der Waals surface area contributed by atoms with E-state index < -0.39 is 12.4 Å². The summed E-state index contributed by atoms with van der Waals surface area (Å²) in [6.07, 6.45) is -2.69. The van der Waals surface area contributed by atoms with Crippen LogP contribution in [0.1, 0.15) is 29.5 Å². The van der Waals surface area contributed by atoms with E-state index in [0.717, 1.165) is 10.7 Å². The highest BCUT2D eigenvalue weighted by Gasteiger charge is 2.20. The van der Waals surface area contributed by atoms with Crippen molar-refractivity contribution in [3.8, 4) is 0 Å². The Morgan fingerprint density at radius 1 is 1.69 bits per heavy atom. The summed E-state index contributed by atoms with van der Waals surface area (Å²) in [7, 11) is 0. The number of alkyl halides is 2. The minimum Gasteiger partial charge on any atom is -0.461 e. The fourth-order valence-corrected chi connectivity index (χ4v) is 1.21. The third-order valence-electron chi connectivity index (χ3n) is 1.86. The topological polar surface area (TPSA) is 70.1 Å². The van der Waals surface area contributed by atoms with Crippen LogP contribution in [0.5, 0.6) is 0 Å². The molecule has 0 radical (unpaired) electrons. The van der Waals surface area contributed by atoms with Gasteiger partial charge in [0.25, 0.3) is 6.43 Å². The highest BCUT2D eigenvalue weighted by atomic mass is 19.3. The van der Waals surface area contributed by atoms with Gasteiger partial charge < -0.3 is 10.5 Å². The number of halogens is 2. The molecule has 0 fully saturated rings. The lowest BCUT2D eigenvalue weighted by Gasteiger charge is -2.03. The molecule has 0 saturated carbocycles. The van der Waals surface area contributed by atoms with Crippen molar-refractivity contribution in [2.45, 2.75) is 19.9 Å². The van der Waals surface area contributed by atoms with E-state index in [0.29, 0.717) is 0 Å². The molecule has 2 N–H and O–H groups in total. The molecular formula is C9H13F2N3O2. The second-order valence-corrected chi connectivity index (χ2v) is 2.99. The number of nitrogens with two attached hydrogens (primary N) is 1. The zero-order chi connectivity index (χ0) is 12.1. The zero-order valence-corrected chi connectivity index (χ0v) is 8.82. The molecule has 0 atom stereocenters. The summed E-state index contributed by atoms with van der Waals surface area (Å²) < 4.78 is 30.8. The van der Waals surface area contributed by atoms with E-state index >= 15 is 0 Å². The van der Waals surface area contributed by atoms with Gasteiger partial charge in [-0.25, -0.2) is 13.6 Å². The van der Waals surface area contributed by atoms with Crippen LogP contribution in [0.2, 0.25) is 0 Å². The number of hydrogen-bond acceptors (Lipinski definition) is 4. The second-order valence-electron chi connectivity index (χ2n) is 2.99. The van der Waals surface area contributed by atoms with Gasteiger partial charge in [0.2, 0.25) is 0 Å². The molecule has 0 aliphatic heterocycles. The lowest BCUT2D eigenvalue weighted by atomic mass is 10.3. The molecule has 1 aromatic rings. The molecule has 16 heavy (non-hydrogen) atoms. The SMILES string of the molecule is CCOC(=O)c1cc(C(F)F)n(CCN)n1. The predicted octanol–water partition coefficient (Wildman–Crippen LogP) is 0.956. The first-order valence-corrected chi connectivity index (χ1v) is 4.83. The van der Waals surface area contributed by atoms with Crippen LogP contribution in [-0.4, -0.2) is 28.9 Å². The van der Waals surface area contributed by atoms with Crippen molar-refractivity contribution in [2.24, 2.45) is 5.73 Å². The summed E-state index contributed by atoms with van der Waals surface area (Å²) in [5.41, 5.74) is 4.81. The molecule has 0 spiro atoms. The van der Waals surface area contributed by atoms with Gasteiger partial charge in [-0.1, -0.05) is 0 Å². The van der Waals surface area contributed by atoms with Crippen LogP contribution in [0.15, 0.2) is 6.07 Å². The number of ether oxygens (including phenoxy) is 1. The Morgan fingerprint density at radius 3 is 2.88 bits per heavy atom. The molecule has 0 amide bonds. The average molecular weight is 233 g/mol. The fraction of sp³-hybridized carbons (Fsp3) is 0.556. The molecule has 5 nitrogen and oxygen atoms in total. The minimum absolute atomic E-state index is 0.120. The van der Waals surface area contributed by atoms with Crippen molar-refractivity contribution in [1.82, 2.24) is 9.78 Å². The first-order chi connectivity index (χ1) is 7.60. The molecule has 0 aliphatic rings. The average Bonchev–Trinajstić information content (AvgIpc) is 2.63. The lowest BCUT2D eigenvalue weighted by Crippen LogP contribution is -2.14. The number of nitrogens with zero attached hydrogens (tertiary/aromatic N) is 2. The third kappa shape index (κ3) is 2.75. The number of esters is 1. The van der Waals surface area contributed by atoms with Crippen LogP contribution in [-0.2, 0) is 11.3 Å². The van der Waals surface area contributed by atoms with E-state index in [4.69, 9.17) is 5.73 Å². The number of rotatable bonds is 5. The zero-order valence-electron chi connectivity index (χ0n) is 8.82. The molecule has 1 heterocycles. The predicted molar refractivity (Wildman–Crippen MR) is 52.2 cm³/mol. The van der Waals surface area contributed by atoms with Gasteiger partial charge in [-0.2, -0.15) is 5.10 Å². The summed E-state index contributed by atoms with van der Waals surface area (Å²) in [6, 6.07) is 1.03. The van der Waals surface area contributed by atoms with Crippen LogP contribution >= 0.6 is 0 Å². The summed E-state index contributed by atoms with van der Waals surface area (Å²) in [5, 5.41) is 3.72. The quantitative estimate of drug-likeness (QED) is 0.769. The van der Waals surface area contributed by atoms with Gasteiger partial charge in [0, 0.05) is 12.6 Å². The molecule has 90 valence electrons. The Balaban J connectivity index is 2.96. The molecule has 1 aromatic heterocycles. The van der Waals surface area contributed by atoms with E-state index in [1.165, 1.54) is 0 Å². The first-order valence-electron chi connectivity index (χ1n) is 4.83. The second kappa shape index (κ2) is 5.55. The molecule has 0 bridgehead atoms. The Labute approximate surface area is 91.2 Å². The van der Waals surface area contributed by atoms with E-state index in [2.05, 4.69) is 9.84 Å². The van der Waals surface area contributed by atoms with Gasteiger partial charge in [-0.15, -0.1) is 0 Å². The monoisotopic (exact) mass is 233 g/mol. The van der Waals surface area contributed by atoms with Crippen LogP contribution in [0.25, 0.3) is 0 Å². The van der Waals surface area contributed by atoms with Gasteiger partial charge in [0.15, 0.2) is 5.69 Å². The summed E-state index contributed by atoms with van der Waals surface area (Å²) in [4.78, 5) is 11.3. The molecular weight excluding hydrogens is 220 g/mol. The van der Waals surface area contributed by atoms with Crippen molar-refractivity contribution in [2.75, 3.05) is 13.2 Å². The smallest absolute Gasteiger partial charge is 0.358 e. The maximum Gasteiger partial charge on any atom is 0.358 e. The van der Waals surface area contributed by atoms with Crippen LogP contribution in [0.4, 0.5) is 8.78 Å². The van der Waals surface area contributed by atoms with E-state index in [1.54, 1.807) is 6.92 Å². The minimum atomic E-state index is -2.69. The van der Waals surface area contributed by atoms with Crippen LogP contribution < -0.4 is 5.73 Å². The Hall–Kier alpha value is -1.50. The Kier molecular flexibility index (Phi) is 4.36. The lowest BCUT2D eigenvalue weighted by molar-refractivity contribution is 0.0518. The van der Waals surface area contributed by atoms with Crippen molar-refractivity contribution in [1.29, 1.82) is 0 Å². The van der Waals surface area contributed by atoms with Crippen molar-refractivity contribution in [3.05, 3.63) is 17.5 Å². The van der Waals surface area contributed by atoms with Gasteiger partial charge >= 0.3 is 5.97 Å². The highest BCUT2D eigenvalue weighted by molar-refractivity contribution is 5.87. The number of hydrogen-bond donors (Lipinski definition) is 1. The number of aromatic nitrogens is 2. The largest absolute Gasteiger partial charge is 0.461 e. The third-order valence-corrected chi connectivity index (χ3v) is 1.86. The fourth-order valence-electron chi connectivity index (χ4n) is 1.21. The van der Waals surface area contributed by atoms with E-state index in [-0.39, 0.29) is 31.1 Å². The Morgan fingerprint density at radius 2 is 2.38 bits per heavy atom. The number of carbonyl (C=O) groups excluding carboxylic acids is 1. The molecule has 0 aromatic carbocycles. The summed E-state index contributed by atoms with van der Waals surface area (Å²) in [5.74, 6) is -0.708. The standard InChI is InChI=1S/C9H13F2N3O2/c1-2-16-9(15)6-5-7(8(10)11)14(13-6)4-3-12/h5,8H,2-4,12H2,1H3. The van der Waals surface area contributed by atoms with E-state index in [9.17, 15) is 13.6 Å². The maximum atomic E-state index is 12.6. The van der Waals surface area contributed by atoms with Gasteiger partial charge in [0.05, 0.1) is 13.2 Å². The first kappa shape index (κ1) is 12.6. The molecule has 1 rings (SSSR count). The summed E-state index contributed by atoms with van der Waals surface area (Å²) >= 11 is 0. The summed E-state index contributed by atoms with van der Waals surface area (Å²) in [6.45, 7) is 2.11. The Bertz CT molecular complexity index is 366. The number of carbonyl (C=O) groups is 1. The molecule has 0 saturated heterocycles. The van der Waals surface area contributed by atoms with E-state index in [1.807, 2.05) is 0 Å².